The molecular formula is C15H25FN2O2S. The van der Waals surface area contributed by atoms with Gasteiger partial charge in [-0.2, -0.15) is 0 Å². The maximum Gasteiger partial charge on any atom is 0.243 e. The molecule has 1 unspecified atom stereocenters. The van der Waals surface area contributed by atoms with Gasteiger partial charge in [0.05, 0.1) is 0 Å². The molecule has 1 aromatic carbocycles. The smallest absolute Gasteiger partial charge is 0.243 e. The summed E-state index contributed by atoms with van der Waals surface area (Å²) in [6, 6.07) is 4.25. The van der Waals surface area contributed by atoms with Gasteiger partial charge in [0.1, 0.15) is 10.7 Å². The molecule has 0 aliphatic rings. The Morgan fingerprint density at radius 1 is 1.14 bits per heavy atom. The van der Waals surface area contributed by atoms with Crippen molar-refractivity contribution in [3.8, 4) is 0 Å². The molecule has 0 saturated heterocycles. The SMILES string of the molecule is CC(C)NCc1ccc(S(=O)(=O)NC(C)C(C)C)c(F)c1. The average molecular weight is 316 g/mol. The van der Waals surface area contributed by atoms with Crippen molar-refractivity contribution < 1.29 is 12.8 Å². The molecule has 0 fully saturated rings. The van der Waals surface area contributed by atoms with Crippen LogP contribution in [0.3, 0.4) is 0 Å². The van der Waals surface area contributed by atoms with Gasteiger partial charge in [-0.1, -0.05) is 33.8 Å². The summed E-state index contributed by atoms with van der Waals surface area (Å²) in [7, 11) is -3.83. The lowest BCUT2D eigenvalue weighted by molar-refractivity contribution is 0.473. The lowest BCUT2D eigenvalue weighted by Crippen LogP contribution is -2.36. The van der Waals surface area contributed by atoms with E-state index < -0.39 is 15.8 Å². The predicted octanol–water partition coefficient (Wildman–Crippen LogP) is 2.65. The number of hydrogen-bond acceptors (Lipinski definition) is 3. The maximum absolute atomic E-state index is 14.1. The third-order valence-corrected chi connectivity index (χ3v) is 4.93. The first-order valence-corrected chi connectivity index (χ1v) is 8.66. The first-order valence-electron chi connectivity index (χ1n) is 7.17. The molecular weight excluding hydrogens is 291 g/mol. The zero-order chi connectivity index (χ0) is 16.2. The molecule has 0 heterocycles. The Hall–Kier alpha value is -0.980. The lowest BCUT2D eigenvalue weighted by atomic mass is 10.1. The summed E-state index contributed by atoms with van der Waals surface area (Å²) in [6.07, 6.45) is 0. The van der Waals surface area contributed by atoms with E-state index >= 15 is 0 Å². The molecule has 0 saturated carbocycles. The van der Waals surface area contributed by atoms with E-state index in [1.807, 2.05) is 27.7 Å². The van der Waals surface area contributed by atoms with Crippen molar-refractivity contribution >= 4 is 10.0 Å². The van der Waals surface area contributed by atoms with Crippen molar-refractivity contribution in [2.75, 3.05) is 0 Å². The van der Waals surface area contributed by atoms with Crippen LogP contribution in [0.5, 0.6) is 0 Å². The minimum atomic E-state index is -3.83. The second-order valence-corrected chi connectivity index (χ2v) is 7.64. The van der Waals surface area contributed by atoms with Crippen molar-refractivity contribution in [1.82, 2.24) is 10.0 Å². The van der Waals surface area contributed by atoms with E-state index in [0.29, 0.717) is 6.54 Å². The van der Waals surface area contributed by atoms with E-state index in [4.69, 9.17) is 0 Å². The Morgan fingerprint density at radius 3 is 2.24 bits per heavy atom. The summed E-state index contributed by atoms with van der Waals surface area (Å²) >= 11 is 0. The van der Waals surface area contributed by atoms with E-state index in [9.17, 15) is 12.8 Å². The number of nitrogens with one attached hydrogen (secondary N) is 2. The van der Waals surface area contributed by atoms with Crippen molar-refractivity contribution in [2.45, 2.75) is 58.1 Å². The number of rotatable bonds is 7. The summed E-state index contributed by atoms with van der Waals surface area (Å²) in [5.41, 5.74) is 0.719. The lowest BCUT2D eigenvalue weighted by Gasteiger charge is -2.18. The standard InChI is InChI=1S/C15H25FN2O2S/c1-10(2)12(5)18-21(19,20)15-7-6-13(8-14(15)16)9-17-11(3)4/h6-8,10-12,17-18H,9H2,1-5H3. The topological polar surface area (TPSA) is 58.2 Å². The van der Waals surface area contributed by atoms with Gasteiger partial charge < -0.3 is 5.32 Å². The maximum atomic E-state index is 14.1. The van der Waals surface area contributed by atoms with Crippen LogP contribution in [-0.2, 0) is 16.6 Å². The Labute approximate surface area is 127 Å². The van der Waals surface area contributed by atoms with Crippen LogP contribution < -0.4 is 10.0 Å². The van der Waals surface area contributed by atoms with Gasteiger partial charge in [-0.05, 0) is 30.5 Å². The zero-order valence-corrected chi connectivity index (χ0v) is 14.1. The predicted molar refractivity (Wildman–Crippen MR) is 83.0 cm³/mol. The number of halogens is 1. The van der Waals surface area contributed by atoms with Crippen LogP contribution >= 0.6 is 0 Å². The van der Waals surface area contributed by atoms with Crippen molar-refractivity contribution in [3.05, 3.63) is 29.6 Å². The van der Waals surface area contributed by atoms with Crippen LogP contribution in [-0.4, -0.2) is 20.5 Å². The molecule has 0 radical (unpaired) electrons. The molecule has 1 rings (SSSR count). The molecule has 0 spiro atoms. The molecule has 0 aliphatic carbocycles. The van der Waals surface area contributed by atoms with Crippen LogP contribution in [0.25, 0.3) is 0 Å². The monoisotopic (exact) mass is 316 g/mol. The van der Waals surface area contributed by atoms with E-state index in [1.54, 1.807) is 13.0 Å². The first kappa shape index (κ1) is 18.1. The van der Waals surface area contributed by atoms with Crippen LogP contribution in [0.2, 0.25) is 0 Å². The van der Waals surface area contributed by atoms with Gasteiger partial charge in [-0.15, -0.1) is 0 Å². The molecule has 0 aromatic heterocycles. The van der Waals surface area contributed by atoms with Crippen LogP contribution in [0.4, 0.5) is 4.39 Å². The van der Waals surface area contributed by atoms with Crippen LogP contribution in [0, 0.1) is 11.7 Å². The molecule has 0 aliphatic heterocycles. The van der Waals surface area contributed by atoms with Gasteiger partial charge in [0, 0.05) is 18.6 Å². The Morgan fingerprint density at radius 2 is 1.76 bits per heavy atom. The molecule has 6 heteroatoms. The summed E-state index contributed by atoms with van der Waals surface area (Å²) in [5.74, 6) is -0.584. The molecule has 1 aromatic rings. The van der Waals surface area contributed by atoms with Gasteiger partial charge in [-0.25, -0.2) is 17.5 Å². The highest BCUT2D eigenvalue weighted by Gasteiger charge is 2.22. The molecule has 0 bridgehead atoms. The average Bonchev–Trinajstić information content (AvgIpc) is 2.35. The zero-order valence-electron chi connectivity index (χ0n) is 13.3. The highest BCUT2D eigenvalue weighted by molar-refractivity contribution is 7.89. The van der Waals surface area contributed by atoms with Gasteiger partial charge in [0.15, 0.2) is 0 Å². The first-order chi connectivity index (χ1) is 9.63. The van der Waals surface area contributed by atoms with E-state index in [0.717, 1.165) is 5.56 Å². The van der Waals surface area contributed by atoms with Crippen molar-refractivity contribution in [3.63, 3.8) is 0 Å². The third-order valence-electron chi connectivity index (χ3n) is 3.34. The molecule has 2 N–H and O–H groups in total. The van der Waals surface area contributed by atoms with E-state index in [-0.39, 0.29) is 22.9 Å². The van der Waals surface area contributed by atoms with Gasteiger partial charge in [0.2, 0.25) is 10.0 Å². The number of sulfonamides is 1. The van der Waals surface area contributed by atoms with Gasteiger partial charge in [0.25, 0.3) is 0 Å². The molecule has 1 atom stereocenters. The fraction of sp³-hybridized carbons (Fsp3) is 0.600. The van der Waals surface area contributed by atoms with Gasteiger partial charge in [-0.3, -0.25) is 0 Å². The highest BCUT2D eigenvalue weighted by Crippen LogP contribution is 2.17. The summed E-state index contributed by atoms with van der Waals surface area (Å²) in [6.45, 7) is 10.1. The van der Waals surface area contributed by atoms with Crippen molar-refractivity contribution in [2.24, 2.45) is 5.92 Å². The minimum absolute atomic E-state index is 0.136. The second-order valence-electron chi connectivity index (χ2n) is 5.95. The highest BCUT2D eigenvalue weighted by atomic mass is 32.2. The number of benzene rings is 1. The normalized spacial score (nSPS) is 13.9. The largest absolute Gasteiger partial charge is 0.310 e. The summed E-state index contributed by atoms with van der Waals surface area (Å²) in [4.78, 5) is -0.303. The van der Waals surface area contributed by atoms with Crippen molar-refractivity contribution in [1.29, 1.82) is 0 Å². The van der Waals surface area contributed by atoms with E-state index in [1.165, 1.54) is 12.1 Å². The molecule has 0 amide bonds. The quantitative estimate of drug-likeness (QED) is 0.813. The second kappa shape index (κ2) is 7.33. The van der Waals surface area contributed by atoms with E-state index in [2.05, 4.69) is 10.0 Å². The minimum Gasteiger partial charge on any atom is -0.310 e. The Bertz CT molecular complexity index is 571. The molecule has 21 heavy (non-hydrogen) atoms. The van der Waals surface area contributed by atoms with Gasteiger partial charge >= 0.3 is 0 Å². The Kier molecular flexibility index (Phi) is 6.31. The molecule has 120 valence electrons. The van der Waals surface area contributed by atoms with Crippen LogP contribution in [0.1, 0.15) is 40.2 Å². The summed E-state index contributed by atoms with van der Waals surface area (Å²) in [5, 5.41) is 3.16. The number of hydrogen-bond donors (Lipinski definition) is 2. The molecule has 4 nitrogen and oxygen atoms in total. The summed E-state index contributed by atoms with van der Waals surface area (Å²) < 4.78 is 40.9. The van der Waals surface area contributed by atoms with Crippen LogP contribution in [0.15, 0.2) is 23.1 Å². The fourth-order valence-corrected chi connectivity index (χ4v) is 3.09. The Balaban J connectivity index is 2.93. The fourth-order valence-electron chi connectivity index (χ4n) is 1.64. The third kappa shape index (κ3) is 5.37.